The molecule has 2 aromatic carbocycles. The fourth-order valence-corrected chi connectivity index (χ4v) is 4.13. The smallest absolute Gasteiger partial charge is 0.222 e. The molecule has 0 saturated heterocycles. The third-order valence-electron chi connectivity index (χ3n) is 5.87. The largest absolute Gasteiger partial charge is 0.370 e. The molecule has 1 heterocycles. The molecule has 1 aliphatic rings. The van der Waals surface area contributed by atoms with E-state index in [-0.39, 0.29) is 0 Å². The highest BCUT2D eigenvalue weighted by Gasteiger charge is 2.18. The van der Waals surface area contributed by atoms with Gasteiger partial charge in [0.15, 0.2) is 0 Å². The van der Waals surface area contributed by atoms with Crippen LogP contribution in [0.5, 0.6) is 0 Å². The average Bonchev–Trinajstić information content (AvgIpc) is 2.98. The summed E-state index contributed by atoms with van der Waals surface area (Å²) in [5.41, 5.74) is 17.5. The van der Waals surface area contributed by atoms with Gasteiger partial charge in [-0.25, -0.2) is 4.98 Å². The van der Waals surface area contributed by atoms with Crippen molar-refractivity contribution >= 4 is 17.3 Å². The summed E-state index contributed by atoms with van der Waals surface area (Å²) in [4.78, 5) is 8.85. The Hall–Kier alpha value is -3.14. The molecule has 1 aromatic heterocycles. The Balaban J connectivity index is 1.52. The molecule has 3 N–H and O–H groups in total. The van der Waals surface area contributed by atoms with Crippen molar-refractivity contribution < 1.29 is 0 Å². The lowest BCUT2D eigenvalue weighted by molar-refractivity contribution is 1.04. The van der Waals surface area contributed by atoms with Crippen LogP contribution in [0.15, 0.2) is 48.0 Å². The SMILES string of the molecule is CC1=C(CCNc2cc(-c3cccc(C)c3C)nc(N)n2)c2cc(C)ccc2C1. The van der Waals surface area contributed by atoms with E-state index in [2.05, 4.69) is 79.4 Å². The fraction of sp³-hybridized carbons (Fsp3) is 0.280. The molecule has 148 valence electrons. The number of allylic oxidation sites excluding steroid dienone is 1. The van der Waals surface area contributed by atoms with Crippen LogP contribution in [0, 0.1) is 20.8 Å². The number of nitrogens with zero attached hydrogens (tertiary/aromatic N) is 2. The Bertz CT molecular complexity index is 1110. The molecule has 0 saturated carbocycles. The Labute approximate surface area is 172 Å². The lowest BCUT2D eigenvalue weighted by Crippen LogP contribution is -2.07. The van der Waals surface area contributed by atoms with Gasteiger partial charge in [0.25, 0.3) is 0 Å². The molecule has 4 rings (SSSR count). The first-order valence-electron chi connectivity index (χ1n) is 10.2. The van der Waals surface area contributed by atoms with E-state index >= 15 is 0 Å². The molecule has 0 atom stereocenters. The molecule has 0 bridgehead atoms. The van der Waals surface area contributed by atoms with E-state index in [1.807, 2.05) is 6.07 Å². The first-order valence-corrected chi connectivity index (χ1v) is 10.2. The second kappa shape index (κ2) is 7.70. The lowest BCUT2D eigenvalue weighted by Gasteiger charge is -2.12. The van der Waals surface area contributed by atoms with Crippen molar-refractivity contribution in [1.82, 2.24) is 9.97 Å². The number of nitrogens with one attached hydrogen (secondary N) is 1. The highest BCUT2D eigenvalue weighted by Crippen LogP contribution is 2.35. The van der Waals surface area contributed by atoms with Crippen LogP contribution in [-0.4, -0.2) is 16.5 Å². The number of aryl methyl sites for hydroxylation is 2. The number of fused-ring (bicyclic) bond motifs is 1. The zero-order chi connectivity index (χ0) is 20.5. The van der Waals surface area contributed by atoms with Gasteiger partial charge in [0.2, 0.25) is 5.95 Å². The molecule has 29 heavy (non-hydrogen) atoms. The summed E-state index contributed by atoms with van der Waals surface area (Å²) in [5.74, 6) is 1.07. The van der Waals surface area contributed by atoms with Crippen LogP contribution in [0.1, 0.15) is 41.2 Å². The van der Waals surface area contributed by atoms with Gasteiger partial charge < -0.3 is 11.1 Å². The number of aromatic nitrogens is 2. The van der Waals surface area contributed by atoms with Crippen LogP contribution < -0.4 is 11.1 Å². The maximum atomic E-state index is 6.01. The summed E-state index contributed by atoms with van der Waals surface area (Å²) in [6, 6.07) is 15.0. The minimum atomic E-state index is 0.295. The molecular weight excluding hydrogens is 356 g/mol. The number of nitrogen functional groups attached to an aromatic ring is 1. The van der Waals surface area contributed by atoms with E-state index in [1.165, 1.54) is 39.0 Å². The van der Waals surface area contributed by atoms with Crippen molar-refractivity contribution in [1.29, 1.82) is 0 Å². The van der Waals surface area contributed by atoms with Crippen molar-refractivity contribution in [3.8, 4) is 11.3 Å². The highest BCUT2D eigenvalue weighted by molar-refractivity contribution is 5.77. The summed E-state index contributed by atoms with van der Waals surface area (Å²) in [6.45, 7) is 9.43. The molecule has 0 amide bonds. The second-order valence-electron chi connectivity index (χ2n) is 8.02. The number of anilines is 2. The second-order valence-corrected chi connectivity index (χ2v) is 8.02. The number of hydrogen-bond acceptors (Lipinski definition) is 4. The normalized spacial score (nSPS) is 13.0. The molecule has 0 unspecified atom stereocenters. The number of benzene rings is 2. The van der Waals surface area contributed by atoms with E-state index in [9.17, 15) is 0 Å². The quantitative estimate of drug-likeness (QED) is 0.611. The van der Waals surface area contributed by atoms with Crippen molar-refractivity contribution in [3.05, 3.63) is 75.9 Å². The Kier molecular flexibility index (Phi) is 5.10. The predicted octanol–water partition coefficient (Wildman–Crippen LogP) is 5.48. The number of rotatable bonds is 5. The van der Waals surface area contributed by atoms with E-state index < -0.39 is 0 Å². The van der Waals surface area contributed by atoms with Crippen LogP contribution in [0.2, 0.25) is 0 Å². The molecule has 1 aliphatic carbocycles. The summed E-state index contributed by atoms with van der Waals surface area (Å²) >= 11 is 0. The van der Waals surface area contributed by atoms with Crippen LogP contribution in [-0.2, 0) is 6.42 Å². The van der Waals surface area contributed by atoms with E-state index in [0.717, 1.165) is 36.5 Å². The van der Waals surface area contributed by atoms with Gasteiger partial charge in [0.1, 0.15) is 5.82 Å². The standard InChI is InChI=1S/C25H28N4/c1-15-8-9-19-13-17(3)20(22(19)12-15)10-11-27-24-14-23(28-25(26)29-24)21-7-5-6-16(2)18(21)4/h5-9,12,14H,10-11,13H2,1-4H3,(H3,26,27,28,29). The number of nitrogens with two attached hydrogens (primary N) is 1. The zero-order valence-corrected chi connectivity index (χ0v) is 17.6. The Morgan fingerprint density at radius 2 is 1.79 bits per heavy atom. The monoisotopic (exact) mass is 384 g/mol. The van der Waals surface area contributed by atoms with Crippen LogP contribution >= 0.6 is 0 Å². The van der Waals surface area contributed by atoms with Crippen LogP contribution in [0.4, 0.5) is 11.8 Å². The van der Waals surface area contributed by atoms with Crippen LogP contribution in [0.25, 0.3) is 16.8 Å². The molecular formula is C25H28N4. The third kappa shape index (κ3) is 3.88. The molecule has 4 heteroatoms. The van der Waals surface area contributed by atoms with Gasteiger partial charge >= 0.3 is 0 Å². The maximum absolute atomic E-state index is 6.01. The van der Waals surface area contributed by atoms with Crippen molar-refractivity contribution in [2.75, 3.05) is 17.6 Å². The van der Waals surface area contributed by atoms with E-state index in [1.54, 1.807) is 0 Å². The fourth-order valence-electron chi connectivity index (χ4n) is 4.13. The lowest BCUT2D eigenvalue weighted by atomic mass is 10.0. The summed E-state index contributed by atoms with van der Waals surface area (Å²) in [7, 11) is 0. The van der Waals surface area contributed by atoms with Gasteiger partial charge in [-0.05, 0) is 68.4 Å². The topological polar surface area (TPSA) is 63.8 Å². The maximum Gasteiger partial charge on any atom is 0.222 e. The summed E-state index contributed by atoms with van der Waals surface area (Å²) in [5, 5.41) is 3.46. The molecule has 4 nitrogen and oxygen atoms in total. The van der Waals surface area contributed by atoms with Gasteiger partial charge in [-0.1, -0.05) is 47.5 Å². The van der Waals surface area contributed by atoms with Gasteiger partial charge in [0.05, 0.1) is 5.69 Å². The Morgan fingerprint density at radius 3 is 2.62 bits per heavy atom. The molecule has 0 aliphatic heterocycles. The molecule has 3 aromatic rings. The van der Waals surface area contributed by atoms with Gasteiger partial charge in [-0.2, -0.15) is 4.98 Å². The Morgan fingerprint density at radius 1 is 0.966 bits per heavy atom. The average molecular weight is 385 g/mol. The van der Waals surface area contributed by atoms with Crippen molar-refractivity contribution in [3.63, 3.8) is 0 Å². The van der Waals surface area contributed by atoms with Crippen LogP contribution in [0.3, 0.4) is 0 Å². The van der Waals surface area contributed by atoms with E-state index in [0.29, 0.717) is 5.95 Å². The van der Waals surface area contributed by atoms with Gasteiger partial charge in [-0.3, -0.25) is 0 Å². The zero-order valence-electron chi connectivity index (χ0n) is 17.6. The molecule has 0 fully saturated rings. The minimum Gasteiger partial charge on any atom is -0.370 e. The van der Waals surface area contributed by atoms with Gasteiger partial charge in [-0.15, -0.1) is 0 Å². The van der Waals surface area contributed by atoms with E-state index in [4.69, 9.17) is 5.73 Å². The summed E-state index contributed by atoms with van der Waals surface area (Å²) in [6.07, 6.45) is 2.02. The predicted molar refractivity (Wildman–Crippen MR) is 122 cm³/mol. The summed E-state index contributed by atoms with van der Waals surface area (Å²) < 4.78 is 0. The first-order chi connectivity index (χ1) is 13.9. The highest BCUT2D eigenvalue weighted by atomic mass is 15.1. The van der Waals surface area contributed by atoms with Crippen molar-refractivity contribution in [2.24, 2.45) is 0 Å². The number of hydrogen-bond donors (Lipinski definition) is 2. The minimum absolute atomic E-state index is 0.295. The molecule has 0 spiro atoms. The third-order valence-corrected chi connectivity index (χ3v) is 5.87. The first kappa shape index (κ1) is 19.2. The van der Waals surface area contributed by atoms with Gasteiger partial charge in [0, 0.05) is 18.2 Å². The van der Waals surface area contributed by atoms with Crippen molar-refractivity contribution in [2.45, 2.75) is 40.5 Å². The molecule has 0 radical (unpaired) electrons.